The number of aromatic nitrogens is 9. The molecule has 2 atom stereocenters. The third-order valence-electron chi connectivity index (χ3n) is 5.34. The van der Waals surface area contributed by atoms with E-state index in [-0.39, 0.29) is 17.6 Å². The van der Waals surface area contributed by atoms with Crippen LogP contribution in [-0.4, -0.2) is 69.9 Å². The molecular weight excluding hydrogens is 360 g/mol. The number of fused-ring (bicyclic) bond motifs is 1. The summed E-state index contributed by atoms with van der Waals surface area (Å²) in [6.07, 6.45) is 2.55. The van der Waals surface area contributed by atoms with Crippen molar-refractivity contribution in [3.63, 3.8) is 0 Å². The zero-order valence-corrected chi connectivity index (χ0v) is 16.2. The quantitative estimate of drug-likeness (QED) is 0.663. The summed E-state index contributed by atoms with van der Waals surface area (Å²) in [5.74, 6) is 2.52. The van der Waals surface area contributed by atoms with Crippen LogP contribution in [0.4, 0.5) is 5.82 Å². The van der Waals surface area contributed by atoms with E-state index < -0.39 is 0 Å². The molecule has 3 aromatic heterocycles. The molecule has 2 N–H and O–H groups in total. The lowest BCUT2D eigenvalue weighted by atomic mass is 9.96. The summed E-state index contributed by atoms with van der Waals surface area (Å²) in [5, 5.41) is 33.9. The van der Waals surface area contributed by atoms with Crippen LogP contribution in [-0.2, 0) is 5.41 Å². The highest BCUT2D eigenvalue weighted by molar-refractivity contribution is 5.82. The summed E-state index contributed by atoms with van der Waals surface area (Å²) >= 11 is 0. The molecule has 5 rings (SSSR count). The molecule has 0 amide bonds. The van der Waals surface area contributed by atoms with E-state index in [4.69, 9.17) is 20.2 Å². The number of rotatable bonds is 4. The Kier molecular flexibility index (Phi) is 3.83. The fraction of sp³-hybridized carbons (Fsp3) is 0.706. The zero-order chi connectivity index (χ0) is 19.5. The predicted molar refractivity (Wildman–Crippen MR) is 99.7 cm³/mol. The van der Waals surface area contributed by atoms with Crippen LogP contribution in [0, 0.1) is 5.92 Å². The molecule has 1 saturated heterocycles. The van der Waals surface area contributed by atoms with Crippen molar-refractivity contribution < 1.29 is 5.11 Å². The van der Waals surface area contributed by atoms with Crippen molar-refractivity contribution in [2.24, 2.45) is 5.92 Å². The number of H-pyrrole nitrogens is 1. The van der Waals surface area contributed by atoms with Crippen LogP contribution in [0.1, 0.15) is 57.7 Å². The number of anilines is 1. The summed E-state index contributed by atoms with van der Waals surface area (Å²) < 4.78 is 0. The molecule has 2 fully saturated rings. The van der Waals surface area contributed by atoms with Gasteiger partial charge in [0.2, 0.25) is 5.65 Å². The van der Waals surface area contributed by atoms with Crippen LogP contribution in [0.15, 0.2) is 0 Å². The number of nitrogens with zero attached hydrogens (tertiary/aromatic N) is 9. The van der Waals surface area contributed by atoms with E-state index in [1.807, 2.05) is 0 Å². The third kappa shape index (κ3) is 2.99. The van der Waals surface area contributed by atoms with Crippen molar-refractivity contribution in [3.8, 4) is 0 Å². The highest BCUT2D eigenvalue weighted by atomic mass is 16.3. The minimum atomic E-state index is -0.349. The summed E-state index contributed by atoms with van der Waals surface area (Å²) in [4.78, 5) is 13.3. The van der Waals surface area contributed by atoms with Crippen LogP contribution in [0.5, 0.6) is 0 Å². The first kappa shape index (κ1) is 17.4. The van der Waals surface area contributed by atoms with E-state index in [2.05, 4.69) is 46.3 Å². The lowest BCUT2D eigenvalue weighted by Gasteiger charge is -2.21. The number of tetrazole rings is 1. The zero-order valence-electron chi connectivity index (χ0n) is 16.2. The molecule has 0 bridgehead atoms. The maximum atomic E-state index is 10.0. The van der Waals surface area contributed by atoms with Gasteiger partial charge in [0.15, 0.2) is 17.2 Å². The van der Waals surface area contributed by atoms with Crippen LogP contribution in [0.3, 0.4) is 0 Å². The molecule has 1 saturated carbocycles. The first-order valence-electron chi connectivity index (χ1n) is 9.72. The van der Waals surface area contributed by atoms with E-state index >= 15 is 0 Å². The summed E-state index contributed by atoms with van der Waals surface area (Å²) in [6, 6.07) is -0.140. The van der Waals surface area contributed by atoms with Crippen LogP contribution >= 0.6 is 0 Å². The Morgan fingerprint density at radius 2 is 1.96 bits per heavy atom. The molecule has 2 aliphatic rings. The maximum absolute atomic E-state index is 10.0. The smallest absolute Gasteiger partial charge is 0.207 e. The van der Waals surface area contributed by atoms with Crippen molar-refractivity contribution >= 4 is 17.0 Å². The van der Waals surface area contributed by atoms with Gasteiger partial charge in [-0.2, -0.15) is 4.80 Å². The first-order chi connectivity index (χ1) is 13.4. The Morgan fingerprint density at radius 1 is 1.14 bits per heavy atom. The average Bonchev–Trinajstić information content (AvgIpc) is 3.02. The average molecular weight is 384 g/mol. The number of nitrogens with one attached hydrogen (secondary N) is 1. The van der Waals surface area contributed by atoms with Gasteiger partial charge < -0.3 is 10.0 Å². The molecule has 4 heterocycles. The molecule has 0 spiro atoms. The Bertz CT molecular complexity index is 987. The lowest BCUT2D eigenvalue weighted by molar-refractivity contribution is 0.198. The number of aliphatic hydroxyl groups excluding tert-OH is 1. The fourth-order valence-electron chi connectivity index (χ4n) is 3.65. The molecule has 0 radical (unpaired) electrons. The molecule has 3 aromatic rings. The largest absolute Gasteiger partial charge is 0.391 e. The van der Waals surface area contributed by atoms with Crippen molar-refractivity contribution in [1.29, 1.82) is 0 Å². The minimum Gasteiger partial charge on any atom is -0.391 e. The highest BCUT2D eigenvalue weighted by Gasteiger charge is 2.38. The number of hydrogen-bond donors (Lipinski definition) is 2. The third-order valence-corrected chi connectivity index (χ3v) is 5.34. The van der Waals surface area contributed by atoms with Gasteiger partial charge in [0, 0.05) is 18.5 Å². The molecule has 0 aromatic carbocycles. The van der Waals surface area contributed by atoms with Crippen molar-refractivity contribution in [3.05, 3.63) is 11.6 Å². The van der Waals surface area contributed by atoms with Crippen molar-refractivity contribution in [2.75, 3.05) is 18.0 Å². The van der Waals surface area contributed by atoms with E-state index in [1.165, 1.54) is 0 Å². The second kappa shape index (κ2) is 6.16. The van der Waals surface area contributed by atoms with Gasteiger partial charge in [-0.15, -0.1) is 15.3 Å². The molecule has 2 unspecified atom stereocenters. The Hall–Kier alpha value is -2.69. The topological polar surface area (TPSA) is 134 Å². The second-order valence-corrected chi connectivity index (χ2v) is 8.77. The van der Waals surface area contributed by atoms with Crippen LogP contribution in [0.25, 0.3) is 11.2 Å². The van der Waals surface area contributed by atoms with Crippen molar-refractivity contribution in [1.82, 2.24) is 45.6 Å². The monoisotopic (exact) mass is 384 g/mol. The van der Waals surface area contributed by atoms with Gasteiger partial charge in [0.05, 0.1) is 6.10 Å². The Balaban J connectivity index is 1.65. The molecule has 28 heavy (non-hydrogen) atoms. The van der Waals surface area contributed by atoms with E-state index in [0.717, 1.165) is 31.6 Å². The van der Waals surface area contributed by atoms with Gasteiger partial charge in [-0.25, -0.2) is 15.1 Å². The van der Waals surface area contributed by atoms with Gasteiger partial charge in [0.1, 0.15) is 11.9 Å². The second-order valence-electron chi connectivity index (χ2n) is 8.77. The van der Waals surface area contributed by atoms with Gasteiger partial charge in [-0.05, 0) is 35.6 Å². The fourth-order valence-corrected chi connectivity index (χ4v) is 3.65. The first-order valence-corrected chi connectivity index (χ1v) is 9.72. The number of aliphatic hydroxyl groups is 1. The van der Waals surface area contributed by atoms with Crippen LogP contribution in [0.2, 0.25) is 0 Å². The highest BCUT2D eigenvalue weighted by Crippen LogP contribution is 2.42. The van der Waals surface area contributed by atoms with Gasteiger partial charge in [-0.3, -0.25) is 0 Å². The lowest BCUT2D eigenvalue weighted by Crippen LogP contribution is -2.25. The predicted octanol–water partition coefficient (Wildman–Crippen LogP) is 0.602. The molecule has 11 nitrogen and oxygen atoms in total. The SMILES string of the molecule is CC(C)(C)c1nc(N2CCC(O)C2)c2nn(C(c3nnn[nH]3)C3CC3)nc2n1. The summed E-state index contributed by atoms with van der Waals surface area (Å²) in [7, 11) is 0. The van der Waals surface area contributed by atoms with Gasteiger partial charge in [0.25, 0.3) is 0 Å². The van der Waals surface area contributed by atoms with Crippen LogP contribution < -0.4 is 4.90 Å². The molecule has 1 aliphatic carbocycles. The Morgan fingerprint density at radius 3 is 2.57 bits per heavy atom. The van der Waals surface area contributed by atoms with E-state index in [1.54, 1.807) is 4.80 Å². The van der Waals surface area contributed by atoms with E-state index in [9.17, 15) is 5.11 Å². The number of β-amino-alcohol motifs (C(OH)–C–C–N with tert-alkyl or cyclic N) is 1. The normalized spacial score (nSPS) is 21.6. The maximum Gasteiger partial charge on any atom is 0.207 e. The molecule has 148 valence electrons. The summed E-state index contributed by atoms with van der Waals surface area (Å²) in [6.45, 7) is 7.51. The summed E-state index contributed by atoms with van der Waals surface area (Å²) in [5.41, 5.74) is 0.991. The molecule has 1 aliphatic heterocycles. The van der Waals surface area contributed by atoms with E-state index in [0.29, 0.717) is 35.3 Å². The minimum absolute atomic E-state index is 0.140. The Labute approximate surface area is 161 Å². The van der Waals surface area contributed by atoms with Crippen molar-refractivity contribution in [2.45, 2.75) is 57.6 Å². The molecular formula is C17H24N10O. The number of hydrogen-bond acceptors (Lipinski definition) is 9. The standard InChI is InChI=1S/C17H24N10O/c1-17(2,3)16-18-13-11(15(19-16)26-7-6-10(28)8-26)22-27(23-13)12(9-4-5-9)14-20-24-25-21-14/h9-10,12,28H,4-8H2,1-3H3,(H,20,21,24,25). The molecule has 11 heteroatoms. The number of aromatic amines is 1. The van der Waals surface area contributed by atoms with Gasteiger partial charge in [-0.1, -0.05) is 20.8 Å². The van der Waals surface area contributed by atoms with Gasteiger partial charge >= 0.3 is 0 Å².